The molecule has 0 radical (unpaired) electrons. The van der Waals surface area contributed by atoms with Crippen LogP contribution < -0.4 is 10.5 Å². The fraction of sp³-hybridized carbons (Fsp3) is 0.214. The van der Waals surface area contributed by atoms with E-state index in [1.54, 1.807) is 19.5 Å². The number of ether oxygens (including phenoxy) is 1. The molecular weight excluding hydrogens is 212 g/mol. The Balaban J connectivity index is 2.16. The van der Waals surface area contributed by atoms with E-state index in [0.717, 1.165) is 23.3 Å². The number of nitrogens with two attached hydrogens (primary N) is 1. The van der Waals surface area contributed by atoms with E-state index in [2.05, 4.69) is 4.98 Å². The summed E-state index contributed by atoms with van der Waals surface area (Å²) in [5, 5.41) is 0. The van der Waals surface area contributed by atoms with E-state index in [1.165, 1.54) is 0 Å². The lowest BCUT2D eigenvalue weighted by Crippen LogP contribution is -2.14. The lowest BCUT2D eigenvalue weighted by Gasteiger charge is -2.14. The number of rotatable bonds is 4. The molecule has 1 aromatic carbocycles. The highest BCUT2D eigenvalue weighted by Gasteiger charge is 2.10. The fourth-order valence-corrected chi connectivity index (χ4v) is 1.82. The van der Waals surface area contributed by atoms with Gasteiger partial charge in [-0.3, -0.25) is 4.98 Å². The second-order valence-electron chi connectivity index (χ2n) is 3.91. The van der Waals surface area contributed by atoms with Crippen molar-refractivity contribution in [3.63, 3.8) is 0 Å². The minimum absolute atomic E-state index is 0.0556. The van der Waals surface area contributed by atoms with E-state index in [1.807, 2.05) is 36.4 Å². The summed E-state index contributed by atoms with van der Waals surface area (Å²) >= 11 is 0. The molecule has 1 aromatic heterocycles. The molecule has 0 amide bonds. The molecule has 0 fully saturated rings. The van der Waals surface area contributed by atoms with E-state index in [-0.39, 0.29) is 6.04 Å². The first-order valence-electron chi connectivity index (χ1n) is 5.58. The van der Waals surface area contributed by atoms with Crippen molar-refractivity contribution in [1.29, 1.82) is 0 Å². The summed E-state index contributed by atoms with van der Waals surface area (Å²) in [7, 11) is 1.68. The number of methoxy groups -OCH3 is 1. The zero-order valence-electron chi connectivity index (χ0n) is 9.84. The average Bonchev–Trinajstić information content (AvgIpc) is 2.40. The maximum Gasteiger partial charge on any atom is 0.122 e. The number of hydrogen-bond donors (Lipinski definition) is 1. The maximum absolute atomic E-state index is 6.16. The molecule has 2 aromatic rings. The molecule has 2 rings (SSSR count). The van der Waals surface area contributed by atoms with E-state index < -0.39 is 0 Å². The van der Waals surface area contributed by atoms with Crippen LogP contribution in [0.15, 0.2) is 48.8 Å². The molecule has 0 saturated carbocycles. The van der Waals surface area contributed by atoms with Gasteiger partial charge in [-0.25, -0.2) is 0 Å². The number of nitrogens with zero attached hydrogens (tertiary/aromatic N) is 1. The van der Waals surface area contributed by atoms with Crippen molar-refractivity contribution in [1.82, 2.24) is 4.98 Å². The summed E-state index contributed by atoms with van der Waals surface area (Å²) < 4.78 is 5.31. The summed E-state index contributed by atoms with van der Waals surface area (Å²) in [6.45, 7) is 0. The molecule has 0 spiro atoms. The van der Waals surface area contributed by atoms with Gasteiger partial charge in [0.05, 0.1) is 7.11 Å². The quantitative estimate of drug-likeness (QED) is 0.873. The molecule has 88 valence electrons. The van der Waals surface area contributed by atoms with Crippen molar-refractivity contribution < 1.29 is 4.74 Å². The van der Waals surface area contributed by atoms with Crippen LogP contribution in [-0.2, 0) is 6.42 Å². The van der Waals surface area contributed by atoms with Crippen LogP contribution in [0.3, 0.4) is 0 Å². The number of hydrogen-bond acceptors (Lipinski definition) is 3. The minimum Gasteiger partial charge on any atom is -0.496 e. The topological polar surface area (TPSA) is 48.1 Å². The molecule has 3 nitrogen and oxygen atoms in total. The monoisotopic (exact) mass is 228 g/mol. The first-order valence-corrected chi connectivity index (χ1v) is 5.58. The number of benzene rings is 1. The normalized spacial score (nSPS) is 12.1. The average molecular weight is 228 g/mol. The molecule has 1 atom stereocenters. The van der Waals surface area contributed by atoms with Crippen molar-refractivity contribution in [2.75, 3.05) is 7.11 Å². The third-order valence-corrected chi connectivity index (χ3v) is 2.74. The van der Waals surface area contributed by atoms with Gasteiger partial charge in [0.15, 0.2) is 0 Å². The molecule has 0 saturated heterocycles. The molecule has 17 heavy (non-hydrogen) atoms. The SMILES string of the molecule is COc1ccccc1CC(N)c1cccnc1. The van der Waals surface area contributed by atoms with Gasteiger partial charge in [0.25, 0.3) is 0 Å². The van der Waals surface area contributed by atoms with Gasteiger partial charge in [0.2, 0.25) is 0 Å². The Bertz CT molecular complexity index is 471. The molecule has 3 heteroatoms. The van der Waals surface area contributed by atoms with Gasteiger partial charge in [-0.05, 0) is 29.7 Å². The minimum atomic E-state index is -0.0556. The Kier molecular flexibility index (Phi) is 3.73. The maximum atomic E-state index is 6.16. The Morgan fingerprint density at radius 3 is 2.76 bits per heavy atom. The van der Waals surface area contributed by atoms with Crippen LogP contribution in [0, 0.1) is 0 Å². The Morgan fingerprint density at radius 2 is 2.06 bits per heavy atom. The number of aromatic nitrogens is 1. The van der Waals surface area contributed by atoms with Crippen LogP contribution in [0.4, 0.5) is 0 Å². The molecule has 0 bridgehead atoms. The van der Waals surface area contributed by atoms with Crippen LogP contribution in [-0.4, -0.2) is 12.1 Å². The second kappa shape index (κ2) is 5.46. The van der Waals surface area contributed by atoms with Crippen LogP contribution in [0.5, 0.6) is 5.75 Å². The van der Waals surface area contributed by atoms with E-state index >= 15 is 0 Å². The summed E-state index contributed by atoms with van der Waals surface area (Å²) in [5.41, 5.74) is 8.31. The first-order chi connectivity index (χ1) is 8.31. The molecule has 1 heterocycles. The van der Waals surface area contributed by atoms with Gasteiger partial charge in [-0.2, -0.15) is 0 Å². The smallest absolute Gasteiger partial charge is 0.122 e. The van der Waals surface area contributed by atoms with Crippen LogP contribution in [0.25, 0.3) is 0 Å². The first kappa shape index (κ1) is 11.6. The van der Waals surface area contributed by atoms with Crippen molar-refractivity contribution in [3.05, 3.63) is 59.9 Å². The molecule has 0 aliphatic carbocycles. The van der Waals surface area contributed by atoms with Crippen molar-refractivity contribution in [2.24, 2.45) is 5.73 Å². The zero-order valence-corrected chi connectivity index (χ0v) is 9.84. The summed E-state index contributed by atoms with van der Waals surface area (Å²) in [6.07, 6.45) is 4.30. The Labute approximate surface area is 101 Å². The van der Waals surface area contributed by atoms with Crippen LogP contribution in [0.1, 0.15) is 17.2 Å². The summed E-state index contributed by atoms with van der Waals surface area (Å²) in [5.74, 6) is 0.881. The zero-order chi connectivity index (χ0) is 12.1. The third-order valence-electron chi connectivity index (χ3n) is 2.74. The second-order valence-corrected chi connectivity index (χ2v) is 3.91. The van der Waals surface area contributed by atoms with Gasteiger partial charge in [-0.15, -0.1) is 0 Å². The number of para-hydroxylation sites is 1. The highest BCUT2D eigenvalue weighted by molar-refractivity contribution is 5.34. The molecule has 0 aliphatic rings. The lowest BCUT2D eigenvalue weighted by molar-refractivity contribution is 0.408. The van der Waals surface area contributed by atoms with Gasteiger partial charge >= 0.3 is 0 Å². The molecule has 0 aliphatic heterocycles. The Hall–Kier alpha value is -1.87. The van der Waals surface area contributed by atoms with Gasteiger partial charge in [0.1, 0.15) is 5.75 Å². The van der Waals surface area contributed by atoms with Gasteiger partial charge in [-0.1, -0.05) is 24.3 Å². The summed E-state index contributed by atoms with van der Waals surface area (Å²) in [6, 6.07) is 11.8. The third kappa shape index (κ3) is 2.82. The highest BCUT2D eigenvalue weighted by atomic mass is 16.5. The van der Waals surface area contributed by atoms with Crippen LogP contribution in [0.2, 0.25) is 0 Å². The summed E-state index contributed by atoms with van der Waals surface area (Å²) in [4.78, 5) is 4.08. The van der Waals surface area contributed by atoms with Crippen molar-refractivity contribution in [3.8, 4) is 5.75 Å². The lowest BCUT2D eigenvalue weighted by atomic mass is 10.0. The fourth-order valence-electron chi connectivity index (χ4n) is 1.82. The largest absolute Gasteiger partial charge is 0.496 e. The van der Waals surface area contributed by atoms with E-state index in [0.29, 0.717) is 0 Å². The molecular formula is C14H16N2O. The van der Waals surface area contributed by atoms with Gasteiger partial charge < -0.3 is 10.5 Å². The molecule has 2 N–H and O–H groups in total. The van der Waals surface area contributed by atoms with Crippen molar-refractivity contribution in [2.45, 2.75) is 12.5 Å². The standard InChI is InChI=1S/C14H16N2O/c1-17-14-7-3-2-5-11(14)9-13(15)12-6-4-8-16-10-12/h2-8,10,13H,9,15H2,1H3. The predicted molar refractivity (Wildman–Crippen MR) is 67.9 cm³/mol. The van der Waals surface area contributed by atoms with E-state index in [4.69, 9.17) is 10.5 Å². The predicted octanol–water partition coefficient (Wildman–Crippen LogP) is 2.33. The molecule has 1 unspecified atom stereocenters. The Morgan fingerprint density at radius 1 is 1.24 bits per heavy atom. The van der Waals surface area contributed by atoms with Crippen molar-refractivity contribution >= 4 is 0 Å². The highest BCUT2D eigenvalue weighted by Crippen LogP contribution is 2.22. The van der Waals surface area contributed by atoms with Crippen LogP contribution >= 0.6 is 0 Å². The van der Waals surface area contributed by atoms with Gasteiger partial charge in [0, 0.05) is 18.4 Å². The van der Waals surface area contributed by atoms with E-state index in [9.17, 15) is 0 Å². The number of pyridine rings is 1.